The minimum Gasteiger partial charge on any atom is -0.593 e. The molecule has 1 atom stereocenters. The largest absolute Gasteiger partial charge is 0.593 e. The molecule has 0 aromatic rings. The lowest BCUT2D eigenvalue weighted by molar-refractivity contribution is 0.579. The highest BCUT2D eigenvalue weighted by Gasteiger charge is 2.10. The van der Waals surface area contributed by atoms with E-state index in [-0.39, 0.29) is 5.25 Å². The van der Waals surface area contributed by atoms with Crippen molar-refractivity contribution in [2.24, 2.45) is 0 Å². The zero-order chi connectivity index (χ0) is 8.85. The molecule has 0 rings (SSSR count). The van der Waals surface area contributed by atoms with Gasteiger partial charge in [0.1, 0.15) is 5.25 Å². The minimum atomic E-state index is -0.991. The summed E-state index contributed by atoms with van der Waals surface area (Å²) >= 11 is -0.991. The lowest BCUT2D eigenvalue weighted by Gasteiger charge is -2.15. The van der Waals surface area contributed by atoms with Crippen LogP contribution < -0.4 is 4.72 Å². The maximum atomic E-state index is 11.2. The molecule has 0 aliphatic rings. The molecule has 0 bridgehead atoms. The molecule has 0 aliphatic heterocycles. The molecule has 0 aromatic heterocycles. The van der Waals surface area contributed by atoms with Gasteiger partial charge in [-0.1, -0.05) is 12.7 Å². The van der Waals surface area contributed by atoms with Crippen molar-refractivity contribution < 1.29 is 4.55 Å². The van der Waals surface area contributed by atoms with E-state index in [4.69, 9.17) is 0 Å². The van der Waals surface area contributed by atoms with Gasteiger partial charge in [-0.3, -0.25) is 0 Å². The van der Waals surface area contributed by atoms with Crippen molar-refractivity contribution in [2.45, 2.75) is 26.0 Å². The van der Waals surface area contributed by atoms with Gasteiger partial charge < -0.3 is 4.55 Å². The summed E-state index contributed by atoms with van der Waals surface area (Å²) in [6.07, 6.45) is 3.49. The van der Waals surface area contributed by atoms with Gasteiger partial charge in [-0.25, -0.2) is 4.72 Å². The van der Waals surface area contributed by atoms with Crippen LogP contribution in [0.1, 0.15) is 20.8 Å². The van der Waals surface area contributed by atoms with Crippen LogP contribution in [0, 0.1) is 0 Å². The molecule has 0 saturated heterocycles. The lowest BCUT2D eigenvalue weighted by Crippen LogP contribution is -2.29. The molecule has 0 spiro atoms. The zero-order valence-corrected chi connectivity index (χ0v) is 8.07. The van der Waals surface area contributed by atoms with Crippen molar-refractivity contribution in [3.63, 3.8) is 0 Å². The summed E-state index contributed by atoms with van der Waals surface area (Å²) < 4.78 is 14.0. The van der Waals surface area contributed by atoms with Crippen molar-refractivity contribution in [3.8, 4) is 0 Å². The normalized spacial score (nSPS) is 14.8. The van der Waals surface area contributed by atoms with E-state index >= 15 is 0 Å². The molecule has 1 N–H and O–H groups in total. The van der Waals surface area contributed by atoms with Crippen LogP contribution in [0.2, 0.25) is 0 Å². The Morgan fingerprint density at radius 1 is 1.64 bits per heavy atom. The fourth-order valence-corrected chi connectivity index (χ4v) is 1.12. The quantitative estimate of drug-likeness (QED) is 0.519. The molecule has 2 nitrogen and oxygen atoms in total. The van der Waals surface area contributed by atoms with Crippen LogP contribution in [0.25, 0.3) is 0 Å². The maximum Gasteiger partial charge on any atom is 0.135 e. The van der Waals surface area contributed by atoms with Gasteiger partial charge >= 0.3 is 0 Å². The highest BCUT2D eigenvalue weighted by molar-refractivity contribution is 7.90. The van der Waals surface area contributed by atoms with E-state index in [2.05, 4.69) is 11.3 Å². The summed E-state index contributed by atoms with van der Waals surface area (Å²) in [6, 6.07) is 0. The van der Waals surface area contributed by atoms with E-state index in [1.54, 1.807) is 6.08 Å². The first kappa shape index (κ1) is 10.6. The lowest BCUT2D eigenvalue weighted by atomic mass is 10.4. The second kappa shape index (κ2) is 5.27. The van der Waals surface area contributed by atoms with Gasteiger partial charge in [0.15, 0.2) is 0 Å². The minimum absolute atomic E-state index is 0.130. The highest BCUT2D eigenvalue weighted by Crippen LogP contribution is 2.00. The van der Waals surface area contributed by atoms with Crippen LogP contribution >= 0.6 is 0 Å². The molecule has 11 heavy (non-hydrogen) atoms. The number of rotatable bonds is 4. The number of hydrogen-bond donors (Lipinski definition) is 1. The fourth-order valence-electron chi connectivity index (χ4n) is 0.452. The van der Waals surface area contributed by atoms with E-state index in [0.29, 0.717) is 0 Å². The second-order valence-electron chi connectivity index (χ2n) is 2.40. The van der Waals surface area contributed by atoms with Crippen molar-refractivity contribution in [1.82, 2.24) is 4.72 Å². The van der Waals surface area contributed by atoms with Crippen LogP contribution in [0.15, 0.2) is 24.4 Å². The van der Waals surface area contributed by atoms with E-state index in [1.165, 1.54) is 0 Å². The smallest absolute Gasteiger partial charge is 0.135 e. The molecular weight excluding hydrogens is 158 g/mol. The van der Waals surface area contributed by atoms with E-state index in [9.17, 15) is 4.55 Å². The van der Waals surface area contributed by atoms with Gasteiger partial charge in [0.05, 0.1) is 17.1 Å². The Hall–Kier alpha value is -0.410. The Balaban J connectivity index is 3.92. The first-order chi connectivity index (χ1) is 5.11. The molecule has 0 heterocycles. The van der Waals surface area contributed by atoms with E-state index < -0.39 is 11.4 Å². The Morgan fingerprint density at radius 2 is 2.18 bits per heavy atom. The van der Waals surface area contributed by atoms with Crippen LogP contribution in [-0.4, -0.2) is 9.80 Å². The maximum absolute atomic E-state index is 11.2. The van der Waals surface area contributed by atoms with Gasteiger partial charge in [0, 0.05) is 0 Å². The van der Waals surface area contributed by atoms with Gasteiger partial charge in [0.2, 0.25) is 0 Å². The van der Waals surface area contributed by atoms with Gasteiger partial charge in [0.25, 0.3) is 0 Å². The SMILES string of the molecule is C=C/C(=C\C)N[S+]([O-])C(C)C. The Morgan fingerprint density at radius 3 is 2.45 bits per heavy atom. The van der Waals surface area contributed by atoms with Gasteiger partial charge in [-0.15, -0.1) is 0 Å². The first-order valence-corrected chi connectivity index (χ1v) is 4.79. The molecule has 0 amide bonds. The first-order valence-electron chi connectivity index (χ1n) is 3.57. The summed E-state index contributed by atoms with van der Waals surface area (Å²) in [6.45, 7) is 9.26. The summed E-state index contributed by atoms with van der Waals surface area (Å²) in [5, 5.41) is 0.130. The predicted molar refractivity (Wildman–Crippen MR) is 50.4 cm³/mol. The second-order valence-corrected chi connectivity index (χ2v) is 4.14. The van der Waals surface area contributed by atoms with E-state index in [0.717, 1.165) is 5.70 Å². The zero-order valence-electron chi connectivity index (χ0n) is 7.26. The summed E-state index contributed by atoms with van der Waals surface area (Å²) in [5.74, 6) is 0. The molecule has 0 aromatic carbocycles. The van der Waals surface area contributed by atoms with Crippen molar-refractivity contribution in [2.75, 3.05) is 0 Å². The van der Waals surface area contributed by atoms with Crippen molar-refractivity contribution >= 4 is 11.4 Å². The van der Waals surface area contributed by atoms with Crippen molar-refractivity contribution in [1.29, 1.82) is 0 Å². The molecule has 0 aliphatic carbocycles. The number of hydrogen-bond acceptors (Lipinski definition) is 2. The van der Waals surface area contributed by atoms with Crippen molar-refractivity contribution in [3.05, 3.63) is 24.4 Å². The van der Waals surface area contributed by atoms with Crippen LogP contribution in [-0.2, 0) is 11.4 Å². The Kier molecular flexibility index (Phi) is 5.07. The highest BCUT2D eigenvalue weighted by atomic mass is 32.2. The Labute approximate surface area is 71.7 Å². The third kappa shape index (κ3) is 4.11. The third-order valence-corrected chi connectivity index (χ3v) is 2.47. The van der Waals surface area contributed by atoms with Gasteiger partial charge in [-0.2, -0.15) is 0 Å². The van der Waals surface area contributed by atoms with E-state index in [1.807, 2.05) is 26.8 Å². The predicted octanol–water partition coefficient (Wildman–Crippen LogP) is 1.74. The summed E-state index contributed by atoms with van der Waals surface area (Å²) in [4.78, 5) is 0. The van der Waals surface area contributed by atoms with Gasteiger partial charge in [-0.05, 0) is 26.8 Å². The molecular formula is C8H15NOS. The summed E-state index contributed by atoms with van der Waals surface area (Å²) in [5.41, 5.74) is 0.817. The molecule has 0 saturated carbocycles. The van der Waals surface area contributed by atoms with Crippen LogP contribution in [0.3, 0.4) is 0 Å². The number of allylic oxidation sites excluding steroid dienone is 2. The topological polar surface area (TPSA) is 35.1 Å². The molecule has 1 unspecified atom stereocenters. The molecule has 0 radical (unpaired) electrons. The molecule has 0 fully saturated rings. The third-order valence-electron chi connectivity index (χ3n) is 1.18. The summed E-state index contributed by atoms with van der Waals surface area (Å²) in [7, 11) is 0. The van der Waals surface area contributed by atoms with Crippen LogP contribution in [0.5, 0.6) is 0 Å². The Bertz CT molecular complexity index is 154. The fraction of sp³-hybridized carbons (Fsp3) is 0.500. The molecule has 3 heteroatoms. The molecule has 64 valence electrons. The average Bonchev–Trinajstić information content (AvgIpc) is 1.99. The average molecular weight is 173 g/mol. The monoisotopic (exact) mass is 173 g/mol. The standard InChI is InChI=1S/C8H15NOS/c1-5-8(6-2)9-11(10)7(3)4/h5-7,9H,1H2,2-4H3/b8-6+. The van der Waals surface area contributed by atoms with Crippen LogP contribution in [0.4, 0.5) is 0 Å². The number of nitrogens with one attached hydrogen (secondary N) is 1.